The van der Waals surface area contributed by atoms with E-state index >= 15 is 0 Å². The van der Waals surface area contributed by atoms with Crippen molar-refractivity contribution in [2.45, 2.75) is 6.61 Å². The minimum Gasteiger partial charge on any atom is -0.489 e. The van der Waals surface area contributed by atoms with E-state index in [1.165, 1.54) is 0 Å². The zero-order valence-electron chi connectivity index (χ0n) is 14.2. The van der Waals surface area contributed by atoms with Crippen LogP contribution in [0.2, 0.25) is 0 Å². The molecule has 27 heavy (non-hydrogen) atoms. The van der Waals surface area contributed by atoms with Crippen LogP contribution in [0.5, 0.6) is 5.75 Å². The molecule has 0 saturated carbocycles. The largest absolute Gasteiger partial charge is 0.489 e. The van der Waals surface area contributed by atoms with Crippen LogP contribution in [-0.4, -0.2) is 12.1 Å². The van der Waals surface area contributed by atoms with Crippen molar-refractivity contribution in [2.24, 2.45) is 5.10 Å². The highest BCUT2D eigenvalue weighted by atomic mass is 79.9. The molecule has 1 amide bonds. The van der Waals surface area contributed by atoms with E-state index in [1.807, 2.05) is 48.5 Å². The fourth-order valence-electron chi connectivity index (χ4n) is 2.23. The predicted octanol–water partition coefficient (Wildman–Crippen LogP) is 5.55. The molecule has 0 aliphatic rings. The summed E-state index contributed by atoms with van der Waals surface area (Å²) in [4.78, 5) is 12.1. The Morgan fingerprint density at radius 2 is 1.48 bits per heavy atom. The Labute approximate surface area is 174 Å². The zero-order valence-corrected chi connectivity index (χ0v) is 17.4. The summed E-state index contributed by atoms with van der Waals surface area (Å²) in [7, 11) is 0. The van der Waals surface area contributed by atoms with Crippen LogP contribution >= 0.6 is 31.9 Å². The number of halogens is 2. The first-order chi connectivity index (χ1) is 13.1. The molecule has 0 aromatic heterocycles. The zero-order chi connectivity index (χ0) is 19.1. The van der Waals surface area contributed by atoms with Crippen LogP contribution in [0, 0.1) is 0 Å². The van der Waals surface area contributed by atoms with Crippen LogP contribution in [0.15, 0.2) is 86.8 Å². The number of carbonyl (C=O) groups excluding carboxylic acids is 1. The van der Waals surface area contributed by atoms with Crippen molar-refractivity contribution in [1.29, 1.82) is 0 Å². The molecule has 3 rings (SSSR count). The molecule has 4 nitrogen and oxygen atoms in total. The number of amides is 1. The van der Waals surface area contributed by atoms with Crippen molar-refractivity contribution < 1.29 is 9.53 Å². The molecule has 0 saturated heterocycles. The maximum atomic E-state index is 12.1. The third-order valence-corrected chi connectivity index (χ3v) is 4.74. The monoisotopic (exact) mass is 486 g/mol. The summed E-state index contributed by atoms with van der Waals surface area (Å²) in [6.07, 6.45) is 1.60. The molecule has 0 aliphatic carbocycles. The number of nitrogens with one attached hydrogen (secondary N) is 1. The van der Waals surface area contributed by atoms with E-state index < -0.39 is 0 Å². The molecule has 0 fully saturated rings. The summed E-state index contributed by atoms with van der Waals surface area (Å²) in [6.45, 7) is 0.469. The minimum atomic E-state index is -0.275. The number of rotatable bonds is 6. The third-order valence-electron chi connectivity index (χ3n) is 3.68. The van der Waals surface area contributed by atoms with Gasteiger partial charge in [-0.05, 0) is 59.7 Å². The van der Waals surface area contributed by atoms with Gasteiger partial charge in [0.05, 0.1) is 6.21 Å². The maximum Gasteiger partial charge on any atom is 0.271 e. The first-order valence-electron chi connectivity index (χ1n) is 8.16. The quantitative estimate of drug-likeness (QED) is 0.365. The van der Waals surface area contributed by atoms with E-state index in [-0.39, 0.29) is 5.91 Å². The molecule has 3 aromatic carbocycles. The average Bonchev–Trinajstić information content (AvgIpc) is 2.69. The van der Waals surface area contributed by atoms with E-state index in [4.69, 9.17) is 4.74 Å². The number of ether oxygens (including phenoxy) is 1. The summed E-state index contributed by atoms with van der Waals surface area (Å²) < 4.78 is 7.76. The number of carbonyl (C=O) groups is 1. The second-order valence-electron chi connectivity index (χ2n) is 5.69. The van der Waals surface area contributed by atoms with E-state index in [0.29, 0.717) is 17.9 Å². The number of nitrogens with zero attached hydrogens (tertiary/aromatic N) is 1. The molecule has 3 aromatic rings. The highest BCUT2D eigenvalue weighted by molar-refractivity contribution is 9.10. The van der Waals surface area contributed by atoms with Crippen LogP contribution in [0.1, 0.15) is 21.5 Å². The molecule has 0 aliphatic heterocycles. The second kappa shape index (κ2) is 9.48. The van der Waals surface area contributed by atoms with E-state index in [1.54, 1.807) is 30.5 Å². The van der Waals surface area contributed by atoms with E-state index in [2.05, 4.69) is 42.4 Å². The van der Waals surface area contributed by atoms with Gasteiger partial charge in [-0.25, -0.2) is 5.43 Å². The standard InChI is InChI=1S/C21H16Br2N2O2/c22-18-7-1-15(2-8-18)13-24-25-21(26)17-5-11-20(12-6-17)27-14-16-3-9-19(23)10-4-16/h1-13H,14H2,(H,25,26). The molecular formula is C21H16Br2N2O2. The molecule has 0 atom stereocenters. The maximum absolute atomic E-state index is 12.1. The van der Waals surface area contributed by atoms with Gasteiger partial charge < -0.3 is 4.74 Å². The molecule has 136 valence electrons. The van der Waals surface area contributed by atoms with Gasteiger partial charge in [-0.3, -0.25) is 4.79 Å². The Balaban J connectivity index is 1.52. The molecular weight excluding hydrogens is 472 g/mol. The van der Waals surface area contributed by atoms with Crippen LogP contribution in [0.4, 0.5) is 0 Å². The minimum absolute atomic E-state index is 0.275. The van der Waals surface area contributed by atoms with Crippen molar-refractivity contribution in [3.8, 4) is 5.75 Å². The average molecular weight is 488 g/mol. The first-order valence-corrected chi connectivity index (χ1v) is 9.75. The summed E-state index contributed by atoms with van der Waals surface area (Å²) in [5.41, 5.74) is 5.00. The van der Waals surface area contributed by atoms with Crippen molar-refractivity contribution in [1.82, 2.24) is 5.43 Å². The van der Waals surface area contributed by atoms with Gasteiger partial charge in [-0.15, -0.1) is 0 Å². The van der Waals surface area contributed by atoms with Crippen molar-refractivity contribution in [3.05, 3.63) is 98.4 Å². The highest BCUT2D eigenvalue weighted by Gasteiger charge is 2.04. The third kappa shape index (κ3) is 6.05. The fourth-order valence-corrected chi connectivity index (χ4v) is 2.76. The lowest BCUT2D eigenvalue weighted by Gasteiger charge is -2.07. The Hall–Kier alpha value is -2.44. The number of hydrazone groups is 1. The van der Waals surface area contributed by atoms with Gasteiger partial charge in [-0.1, -0.05) is 56.1 Å². The van der Waals surface area contributed by atoms with E-state index in [9.17, 15) is 4.79 Å². The van der Waals surface area contributed by atoms with Crippen LogP contribution in [0.25, 0.3) is 0 Å². The molecule has 6 heteroatoms. The SMILES string of the molecule is O=C(NN=Cc1ccc(Br)cc1)c1ccc(OCc2ccc(Br)cc2)cc1. The molecule has 0 bridgehead atoms. The lowest BCUT2D eigenvalue weighted by atomic mass is 10.2. The lowest BCUT2D eigenvalue weighted by molar-refractivity contribution is 0.0955. The summed E-state index contributed by atoms with van der Waals surface area (Å²) in [5, 5.41) is 3.98. The topological polar surface area (TPSA) is 50.7 Å². The Morgan fingerprint density at radius 3 is 2.11 bits per heavy atom. The van der Waals surface area contributed by atoms with Gasteiger partial charge in [0.25, 0.3) is 5.91 Å². The predicted molar refractivity (Wildman–Crippen MR) is 114 cm³/mol. The van der Waals surface area contributed by atoms with Gasteiger partial charge in [0.1, 0.15) is 12.4 Å². The summed E-state index contributed by atoms with van der Waals surface area (Å²) in [5.74, 6) is 0.427. The number of hydrogen-bond acceptors (Lipinski definition) is 3. The summed E-state index contributed by atoms with van der Waals surface area (Å²) in [6, 6.07) is 22.5. The smallest absolute Gasteiger partial charge is 0.271 e. The van der Waals surface area contributed by atoms with Crippen LogP contribution in [0.3, 0.4) is 0 Å². The molecule has 0 spiro atoms. The van der Waals surface area contributed by atoms with Gasteiger partial charge in [0.15, 0.2) is 0 Å². The fraction of sp³-hybridized carbons (Fsp3) is 0.0476. The van der Waals surface area contributed by atoms with Crippen LogP contribution < -0.4 is 10.2 Å². The second-order valence-corrected chi connectivity index (χ2v) is 7.52. The van der Waals surface area contributed by atoms with Crippen molar-refractivity contribution in [3.63, 3.8) is 0 Å². The van der Waals surface area contributed by atoms with Gasteiger partial charge in [0, 0.05) is 14.5 Å². The van der Waals surface area contributed by atoms with Crippen molar-refractivity contribution in [2.75, 3.05) is 0 Å². The molecule has 0 radical (unpaired) electrons. The summed E-state index contributed by atoms with van der Waals surface area (Å²) >= 11 is 6.78. The van der Waals surface area contributed by atoms with E-state index in [0.717, 1.165) is 20.1 Å². The van der Waals surface area contributed by atoms with Gasteiger partial charge in [-0.2, -0.15) is 5.10 Å². The number of hydrogen-bond donors (Lipinski definition) is 1. The lowest BCUT2D eigenvalue weighted by Crippen LogP contribution is -2.17. The number of benzene rings is 3. The van der Waals surface area contributed by atoms with Crippen molar-refractivity contribution >= 4 is 44.0 Å². The van der Waals surface area contributed by atoms with Gasteiger partial charge >= 0.3 is 0 Å². The molecule has 0 unspecified atom stereocenters. The Bertz CT molecular complexity index is 922. The first kappa shape index (κ1) is 19.3. The molecule has 0 heterocycles. The Kier molecular flexibility index (Phi) is 6.79. The highest BCUT2D eigenvalue weighted by Crippen LogP contribution is 2.16. The van der Waals surface area contributed by atoms with Gasteiger partial charge in [0.2, 0.25) is 0 Å². The Morgan fingerprint density at radius 1 is 0.889 bits per heavy atom. The van der Waals surface area contributed by atoms with Crippen LogP contribution in [-0.2, 0) is 6.61 Å². The molecule has 1 N–H and O–H groups in total. The normalized spacial score (nSPS) is 10.7.